The molecule has 0 unspecified atom stereocenters. The monoisotopic (exact) mass is 564 g/mol. The van der Waals surface area contributed by atoms with Gasteiger partial charge in [0.15, 0.2) is 5.60 Å². The van der Waals surface area contributed by atoms with E-state index < -0.39 is 31.6 Å². The molecular formula is C28H33FN6O4Si. The number of halogens is 1. The van der Waals surface area contributed by atoms with Gasteiger partial charge in [-0.2, -0.15) is 0 Å². The van der Waals surface area contributed by atoms with Crippen LogP contribution in [0.4, 0.5) is 9.80 Å². The van der Waals surface area contributed by atoms with Crippen molar-refractivity contribution in [1.29, 1.82) is 0 Å². The molecule has 1 spiro atoms. The van der Waals surface area contributed by atoms with Crippen molar-refractivity contribution in [1.82, 2.24) is 24.8 Å². The number of aromatic nitrogens is 5. The number of ether oxygens (including phenoxy) is 1. The molecule has 4 aromatic rings. The van der Waals surface area contributed by atoms with Crippen molar-refractivity contribution < 1.29 is 18.7 Å². The van der Waals surface area contributed by atoms with Crippen LogP contribution in [0.1, 0.15) is 24.6 Å². The topological polar surface area (TPSA) is 118 Å². The third-order valence-corrected chi connectivity index (χ3v) is 11.0. The number of carbonyl (C=O) groups excluding carboxylic acids is 1. The summed E-state index contributed by atoms with van der Waals surface area (Å²) in [4.78, 5) is 28.7. The number of hydrogen-bond donors (Lipinski definition) is 2. The van der Waals surface area contributed by atoms with Gasteiger partial charge in [0.2, 0.25) is 8.41 Å². The Morgan fingerprint density at radius 1 is 1.20 bits per heavy atom. The largest absolute Gasteiger partial charge is 0.396 e. The van der Waals surface area contributed by atoms with Crippen LogP contribution in [0.3, 0.4) is 0 Å². The van der Waals surface area contributed by atoms with Gasteiger partial charge in [0.05, 0.1) is 34.1 Å². The Balaban J connectivity index is 1.40. The number of nitrogens with one attached hydrogen (secondary N) is 1. The number of benzene rings is 2. The van der Waals surface area contributed by atoms with Crippen molar-refractivity contribution in [3.8, 4) is 5.69 Å². The quantitative estimate of drug-likeness (QED) is 0.263. The molecule has 0 aliphatic carbocycles. The fourth-order valence-corrected chi connectivity index (χ4v) is 9.27. The Bertz CT molecular complexity index is 1660. The van der Waals surface area contributed by atoms with Crippen molar-refractivity contribution in [2.45, 2.75) is 56.7 Å². The van der Waals surface area contributed by atoms with E-state index in [2.05, 4.69) is 15.4 Å². The molecule has 12 heteroatoms. The second-order valence-corrected chi connectivity index (χ2v) is 15.2. The Morgan fingerprint density at radius 3 is 2.70 bits per heavy atom. The lowest BCUT2D eigenvalue weighted by Gasteiger charge is -2.31. The highest BCUT2D eigenvalue weighted by Gasteiger charge is 2.66. The molecule has 2 aromatic carbocycles. The highest BCUT2D eigenvalue weighted by atomic mass is 28.4. The SMILES string of the molecule is C[C@H]1[C@H]([Si](C)(C)F)[C@@H](CCn2cc(CCO)nn2)O[C@]12C(=O)N(C)c1ccc(-n3[nH]c4ccccc4c3=O)cc12. The van der Waals surface area contributed by atoms with Gasteiger partial charge in [0.25, 0.3) is 11.5 Å². The lowest BCUT2D eigenvalue weighted by Crippen LogP contribution is -2.44. The van der Waals surface area contributed by atoms with E-state index in [-0.39, 0.29) is 18.1 Å². The average molecular weight is 565 g/mol. The Hall–Kier alpha value is -3.61. The smallest absolute Gasteiger partial charge is 0.279 e. The first kappa shape index (κ1) is 26.6. The zero-order valence-corrected chi connectivity index (χ0v) is 24.0. The van der Waals surface area contributed by atoms with Crippen molar-refractivity contribution >= 4 is 30.9 Å². The molecule has 0 radical (unpaired) electrons. The normalized spacial score (nSPS) is 24.5. The van der Waals surface area contributed by atoms with E-state index in [0.717, 1.165) is 0 Å². The third kappa shape index (κ3) is 3.96. The molecule has 4 heterocycles. The van der Waals surface area contributed by atoms with Crippen LogP contribution in [0.2, 0.25) is 18.6 Å². The minimum atomic E-state index is -3.31. The molecule has 2 aromatic heterocycles. The maximum Gasteiger partial charge on any atom is 0.279 e. The summed E-state index contributed by atoms with van der Waals surface area (Å²) < 4.78 is 25.9. The van der Waals surface area contributed by atoms with Crippen LogP contribution in [0.25, 0.3) is 16.6 Å². The lowest BCUT2D eigenvalue weighted by molar-refractivity contribution is -0.145. The first-order valence-corrected chi connectivity index (χ1v) is 16.5. The van der Waals surface area contributed by atoms with Crippen LogP contribution in [0.5, 0.6) is 0 Å². The fourth-order valence-electron chi connectivity index (χ4n) is 6.73. The van der Waals surface area contributed by atoms with Crippen molar-refractivity contribution in [2.75, 3.05) is 18.6 Å². The van der Waals surface area contributed by atoms with Gasteiger partial charge in [-0.1, -0.05) is 24.3 Å². The molecule has 40 heavy (non-hydrogen) atoms. The second kappa shape index (κ2) is 9.49. The summed E-state index contributed by atoms with van der Waals surface area (Å²) in [7, 11) is -1.60. The summed E-state index contributed by atoms with van der Waals surface area (Å²) in [6, 6.07) is 12.7. The van der Waals surface area contributed by atoms with Gasteiger partial charge in [0.1, 0.15) is 0 Å². The van der Waals surface area contributed by atoms with Crippen LogP contribution < -0.4 is 10.5 Å². The van der Waals surface area contributed by atoms with Crippen LogP contribution in [0, 0.1) is 5.92 Å². The number of anilines is 1. The summed E-state index contributed by atoms with van der Waals surface area (Å²) in [5.74, 6) is -0.663. The standard InChI is InChI=1S/C28H33FN6O4Si/c1-17-25(40(3,4)29)24(11-13-34-16-18(12-14-36)30-32-34)39-28(17)21-15-19(9-10-23(21)33(2)27(28)38)35-26(37)20-7-5-6-8-22(20)31-35/h5-10,15-17,24-25,31,36H,11-14H2,1-4H3/t17-,24+,25-,28+/m0/s1. The summed E-state index contributed by atoms with van der Waals surface area (Å²) in [5.41, 5.74) is 1.29. The molecule has 6 rings (SSSR count). The first-order valence-electron chi connectivity index (χ1n) is 13.6. The van der Waals surface area contributed by atoms with Gasteiger partial charge in [-0.05, 0) is 49.8 Å². The summed E-state index contributed by atoms with van der Waals surface area (Å²) in [6.45, 7) is 5.67. The molecule has 0 saturated carbocycles. The van der Waals surface area contributed by atoms with Crippen LogP contribution >= 0.6 is 0 Å². The number of aryl methyl sites for hydroxylation is 1. The van der Waals surface area contributed by atoms with Crippen LogP contribution in [0.15, 0.2) is 53.5 Å². The number of nitrogens with zero attached hydrogens (tertiary/aromatic N) is 5. The van der Waals surface area contributed by atoms with Gasteiger partial charge in [-0.25, -0.2) is 4.68 Å². The van der Waals surface area contributed by atoms with Crippen LogP contribution in [-0.2, 0) is 28.1 Å². The van der Waals surface area contributed by atoms with Gasteiger partial charge in [-0.15, -0.1) is 5.10 Å². The Labute approximate surface area is 231 Å². The average Bonchev–Trinajstić information content (AvgIpc) is 3.64. The van der Waals surface area contributed by atoms with Crippen LogP contribution in [-0.4, -0.2) is 64.0 Å². The summed E-state index contributed by atoms with van der Waals surface area (Å²) >= 11 is 0. The molecule has 2 aliphatic heterocycles. The summed E-state index contributed by atoms with van der Waals surface area (Å²) in [5, 5.41) is 21.1. The molecule has 2 aliphatic rings. The fraction of sp³-hybridized carbons (Fsp3) is 0.429. The highest BCUT2D eigenvalue weighted by molar-refractivity contribution is 6.72. The van der Waals surface area contributed by atoms with Crippen molar-refractivity contribution in [3.63, 3.8) is 0 Å². The number of fused-ring (bicyclic) bond motifs is 3. The lowest BCUT2D eigenvalue weighted by atomic mass is 9.82. The highest BCUT2D eigenvalue weighted by Crippen LogP contribution is 2.60. The maximum absolute atomic E-state index is 16.0. The Kier molecular flexibility index (Phi) is 6.31. The zero-order chi connectivity index (χ0) is 28.4. The van der Waals surface area contributed by atoms with Crippen molar-refractivity contribution in [3.05, 3.63) is 70.3 Å². The molecule has 4 atom stereocenters. The number of likely N-dealkylation sites (N-methyl/N-ethyl adjacent to an activating group) is 1. The number of hydrogen-bond acceptors (Lipinski definition) is 6. The van der Waals surface area contributed by atoms with E-state index in [9.17, 15) is 14.7 Å². The number of aliphatic hydroxyl groups excluding tert-OH is 1. The molecule has 1 fully saturated rings. The number of rotatable bonds is 7. The number of aliphatic hydroxyl groups is 1. The molecule has 1 saturated heterocycles. The van der Waals surface area contributed by atoms with Gasteiger partial charge in [0, 0.05) is 49.8 Å². The third-order valence-electron chi connectivity index (χ3n) is 8.52. The van der Waals surface area contributed by atoms with E-state index >= 15 is 4.11 Å². The molecule has 0 bridgehead atoms. The predicted octanol–water partition coefficient (Wildman–Crippen LogP) is 3.29. The summed E-state index contributed by atoms with van der Waals surface area (Å²) in [6.07, 6.45) is 2.11. The van der Waals surface area contributed by atoms with Gasteiger partial charge >= 0.3 is 0 Å². The minimum Gasteiger partial charge on any atom is -0.396 e. The van der Waals surface area contributed by atoms with Crippen molar-refractivity contribution in [2.24, 2.45) is 5.92 Å². The maximum atomic E-state index is 16.0. The second-order valence-electron chi connectivity index (χ2n) is 11.4. The number of H-pyrrole nitrogens is 1. The number of para-hydroxylation sites is 1. The molecule has 1 amide bonds. The molecule has 210 valence electrons. The van der Waals surface area contributed by atoms with Gasteiger partial charge in [-0.3, -0.25) is 19.4 Å². The first-order chi connectivity index (χ1) is 19.1. The van der Waals surface area contributed by atoms with E-state index in [4.69, 9.17) is 4.74 Å². The minimum absolute atomic E-state index is 0.0180. The molecule has 10 nitrogen and oxygen atoms in total. The number of aromatic amines is 1. The van der Waals surface area contributed by atoms with E-state index in [1.54, 1.807) is 48.1 Å². The van der Waals surface area contributed by atoms with E-state index in [1.807, 2.05) is 37.3 Å². The zero-order valence-electron chi connectivity index (χ0n) is 23.0. The van der Waals surface area contributed by atoms with Gasteiger partial charge < -0.3 is 18.9 Å². The predicted molar refractivity (Wildman–Crippen MR) is 151 cm³/mol. The number of amides is 1. The van der Waals surface area contributed by atoms with E-state index in [1.165, 1.54) is 4.68 Å². The Morgan fingerprint density at radius 2 is 1.98 bits per heavy atom. The van der Waals surface area contributed by atoms with E-state index in [0.29, 0.717) is 52.9 Å². The molecule has 2 N–H and O–H groups in total. The molecular weight excluding hydrogens is 531 g/mol. The number of carbonyl (C=O) groups is 1.